The maximum atomic E-state index is 10.7. The average molecular weight is 301 g/mol. The first-order valence-electron chi connectivity index (χ1n) is 3.94. The number of azide groups is 1. The lowest BCUT2D eigenvalue weighted by molar-refractivity contribution is 0.112. The number of carbonyl (C=O) groups excluding carboxylic acids is 1. The Kier molecular flexibility index (Phi) is 3.91. The van der Waals surface area contributed by atoms with Crippen molar-refractivity contribution >= 4 is 28.9 Å². The van der Waals surface area contributed by atoms with E-state index in [1.165, 1.54) is 0 Å². The summed E-state index contributed by atoms with van der Waals surface area (Å²) in [7, 11) is 0. The van der Waals surface area contributed by atoms with Crippen LogP contribution in [0.1, 0.15) is 21.5 Å². The Morgan fingerprint density at radius 2 is 2.36 bits per heavy atom. The topological polar surface area (TPSA) is 65.8 Å². The smallest absolute Gasteiger partial charge is 0.150 e. The first-order chi connectivity index (χ1) is 6.69. The van der Waals surface area contributed by atoms with Gasteiger partial charge in [0.2, 0.25) is 0 Å². The second-order valence-corrected chi connectivity index (χ2v) is 4.03. The minimum absolute atomic E-state index is 0.292. The molecule has 0 fully saturated rings. The van der Waals surface area contributed by atoms with Crippen LogP contribution in [0, 0.1) is 10.5 Å². The summed E-state index contributed by atoms with van der Waals surface area (Å²) in [6.07, 6.45) is 0.817. The van der Waals surface area contributed by atoms with Gasteiger partial charge in [-0.2, -0.15) is 0 Å². The van der Waals surface area contributed by atoms with Crippen molar-refractivity contribution in [2.24, 2.45) is 5.11 Å². The van der Waals surface area contributed by atoms with Crippen LogP contribution in [0.25, 0.3) is 10.4 Å². The predicted octanol–water partition coefficient (Wildman–Crippen LogP) is 3.22. The molecule has 0 aromatic heterocycles. The Morgan fingerprint density at radius 1 is 1.64 bits per heavy atom. The van der Waals surface area contributed by atoms with Crippen LogP contribution in [0.3, 0.4) is 0 Å². The summed E-state index contributed by atoms with van der Waals surface area (Å²) < 4.78 is 0.971. The Morgan fingerprint density at radius 3 is 2.93 bits per heavy atom. The number of aldehydes is 1. The third kappa shape index (κ3) is 2.46. The fourth-order valence-corrected chi connectivity index (χ4v) is 1.86. The lowest BCUT2D eigenvalue weighted by Gasteiger charge is -2.05. The highest BCUT2D eigenvalue weighted by molar-refractivity contribution is 14.1. The molecule has 4 nitrogen and oxygen atoms in total. The summed E-state index contributed by atoms with van der Waals surface area (Å²) in [6.45, 7) is 2.14. The number of hydrogen-bond acceptors (Lipinski definition) is 2. The molecule has 1 aromatic rings. The highest BCUT2D eigenvalue weighted by atomic mass is 127. The van der Waals surface area contributed by atoms with Crippen LogP contribution >= 0.6 is 22.6 Å². The number of benzene rings is 1. The molecule has 0 unspecified atom stereocenters. The van der Waals surface area contributed by atoms with E-state index in [1.807, 2.05) is 19.1 Å². The van der Waals surface area contributed by atoms with E-state index in [9.17, 15) is 4.79 Å². The first-order valence-corrected chi connectivity index (χ1v) is 5.02. The van der Waals surface area contributed by atoms with Crippen LogP contribution in [0.4, 0.5) is 0 Å². The maximum Gasteiger partial charge on any atom is 0.150 e. The molecule has 0 radical (unpaired) electrons. The minimum atomic E-state index is 0.292. The van der Waals surface area contributed by atoms with E-state index in [4.69, 9.17) is 5.53 Å². The molecular formula is C9H8IN3O. The van der Waals surface area contributed by atoms with Crippen LogP contribution in [0.15, 0.2) is 17.2 Å². The van der Waals surface area contributed by atoms with E-state index < -0.39 is 0 Å². The van der Waals surface area contributed by atoms with Crippen molar-refractivity contribution in [2.45, 2.75) is 13.5 Å². The Bertz CT molecular complexity index is 411. The Hall–Kier alpha value is -1.07. The van der Waals surface area contributed by atoms with E-state index in [2.05, 4.69) is 32.6 Å². The molecule has 14 heavy (non-hydrogen) atoms. The van der Waals surface area contributed by atoms with Crippen molar-refractivity contribution in [3.8, 4) is 0 Å². The van der Waals surface area contributed by atoms with E-state index >= 15 is 0 Å². The van der Waals surface area contributed by atoms with Gasteiger partial charge in [-0.25, -0.2) is 0 Å². The summed E-state index contributed by atoms with van der Waals surface area (Å²) in [5, 5.41) is 3.48. The third-order valence-electron chi connectivity index (χ3n) is 1.95. The Labute approximate surface area is 95.1 Å². The second-order valence-electron chi connectivity index (χ2n) is 2.79. The van der Waals surface area contributed by atoms with Crippen LogP contribution in [-0.4, -0.2) is 6.29 Å². The van der Waals surface area contributed by atoms with Gasteiger partial charge < -0.3 is 0 Å². The second kappa shape index (κ2) is 4.97. The quantitative estimate of drug-likeness (QED) is 0.278. The number of hydrogen-bond donors (Lipinski definition) is 0. The third-order valence-corrected chi connectivity index (χ3v) is 2.57. The molecule has 0 spiro atoms. The fourth-order valence-electron chi connectivity index (χ4n) is 1.15. The van der Waals surface area contributed by atoms with Crippen molar-refractivity contribution in [2.75, 3.05) is 0 Å². The number of carbonyl (C=O) groups is 1. The predicted molar refractivity (Wildman–Crippen MR) is 62.1 cm³/mol. The molecule has 1 aromatic carbocycles. The van der Waals surface area contributed by atoms with E-state index in [1.54, 1.807) is 0 Å². The van der Waals surface area contributed by atoms with Gasteiger partial charge in [-0.3, -0.25) is 4.79 Å². The highest BCUT2D eigenvalue weighted by Crippen LogP contribution is 2.18. The van der Waals surface area contributed by atoms with Gasteiger partial charge in [0.25, 0.3) is 0 Å². The van der Waals surface area contributed by atoms with Gasteiger partial charge in [0.05, 0.1) is 6.54 Å². The largest absolute Gasteiger partial charge is 0.298 e. The molecule has 0 aliphatic carbocycles. The van der Waals surface area contributed by atoms with Crippen molar-refractivity contribution in [1.82, 2.24) is 0 Å². The normalized spacial score (nSPS) is 9.29. The summed E-state index contributed by atoms with van der Waals surface area (Å²) >= 11 is 2.13. The zero-order valence-corrected chi connectivity index (χ0v) is 9.72. The van der Waals surface area contributed by atoms with Crippen LogP contribution in [0.5, 0.6) is 0 Å². The molecule has 5 heteroatoms. The molecule has 0 N–H and O–H groups in total. The Balaban J connectivity index is 3.20. The molecule has 0 aliphatic rings. The van der Waals surface area contributed by atoms with Crippen molar-refractivity contribution in [3.63, 3.8) is 0 Å². The SMILES string of the molecule is Cc1c(C=O)cc(I)cc1CN=[N+]=[N-]. The van der Waals surface area contributed by atoms with Gasteiger partial charge in [-0.1, -0.05) is 5.11 Å². The van der Waals surface area contributed by atoms with Gasteiger partial charge in [-0.15, -0.1) is 0 Å². The fraction of sp³-hybridized carbons (Fsp3) is 0.222. The number of halogens is 1. The number of nitrogens with zero attached hydrogens (tertiary/aromatic N) is 3. The zero-order chi connectivity index (χ0) is 10.6. The molecule has 0 saturated carbocycles. The van der Waals surface area contributed by atoms with Gasteiger partial charge in [0.1, 0.15) is 6.29 Å². The van der Waals surface area contributed by atoms with Gasteiger partial charge in [0.15, 0.2) is 0 Å². The molecule has 1 rings (SSSR count). The molecule has 0 saturated heterocycles. The van der Waals surface area contributed by atoms with E-state index in [-0.39, 0.29) is 0 Å². The van der Waals surface area contributed by atoms with Crippen molar-refractivity contribution in [3.05, 3.63) is 42.8 Å². The van der Waals surface area contributed by atoms with Crippen LogP contribution in [-0.2, 0) is 6.54 Å². The first kappa shape index (κ1) is 11.0. The minimum Gasteiger partial charge on any atom is -0.298 e. The summed E-state index contributed by atoms with van der Waals surface area (Å²) in [5.74, 6) is 0. The van der Waals surface area contributed by atoms with Crippen LogP contribution < -0.4 is 0 Å². The monoisotopic (exact) mass is 301 g/mol. The zero-order valence-electron chi connectivity index (χ0n) is 7.57. The molecule has 72 valence electrons. The van der Waals surface area contributed by atoms with E-state index in [0.717, 1.165) is 21.0 Å². The molecule has 0 atom stereocenters. The van der Waals surface area contributed by atoms with Crippen LogP contribution in [0.2, 0.25) is 0 Å². The van der Waals surface area contributed by atoms with Gasteiger partial charge in [0, 0.05) is 14.0 Å². The molecular weight excluding hydrogens is 293 g/mol. The number of rotatable bonds is 3. The average Bonchev–Trinajstić information content (AvgIpc) is 2.18. The van der Waals surface area contributed by atoms with Gasteiger partial charge >= 0.3 is 0 Å². The maximum absolute atomic E-state index is 10.7. The summed E-state index contributed by atoms with van der Waals surface area (Å²) in [4.78, 5) is 13.4. The molecule has 0 heterocycles. The van der Waals surface area contributed by atoms with Crippen molar-refractivity contribution in [1.29, 1.82) is 0 Å². The lowest BCUT2D eigenvalue weighted by atomic mass is 10.0. The molecule has 0 amide bonds. The molecule has 0 aliphatic heterocycles. The summed E-state index contributed by atoms with van der Waals surface area (Å²) in [5.41, 5.74) is 10.6. The van der Waals surface area contributed by atoms with E-state index in [0.29, 0.717) is 12.1 Å². The van der Waals surface area contributed by atoms with Crippen molar-refractivity contribution < 1.29 is 4.79 Å². The van der Waals surface area contributed by atoms with Gasteiger partial charge in [-0.05, 0) is 58.3 Å². The molecule has 0 bridgehead atoms. The lowest BCUT2D eigenvalue weighted by Crippen LogP contribution is -1.95. The standard InChI is InChI=1S/C9H8IN3O/c1-6-7(4-12-13-11)2-9(10)3-8(6)5-14/h2-3,5H,4H2,1H3. The highest BCUT2D eigenvalue weighted by Gasteiger charge is 2.04. The summed E-state index contributed by atoms with van der Waals surface area (Å²) in [6, 6.07) is 3.72.